The molecule has 2 amide bonds. The van der Waals surface area contributed by atoms with E-state index in [9.17, 15) is 14.0 Å². The predicted molar refractivity (Wildman–Crippen MR) is 73.8 cm³/mol. The molecular formula is C12H13BrFN3O3. The largest absolute Gasteiger partial charge is 0.460 e. The zero-order valence-corrected chi connectivity index (χ0v) is 12.1. The summed E-state index contributed by atoms with van der Waals surface area (Å²) in [5, 5.41) is 2.64. The van der Waals surface area contributed by atoms with Crippen LogP contribution in [-0.2, 0) is 4.74 Å². The van der Waals surface area contributed by atoms with E-state index in [2.05, 4.69) is 21.2 Å². The molecule has 0 radical (unpaired) electrons. The Morgan fingerprint density at radius 3 is 2.95 bits per heavy atom. The van der Waals surface area contributed by atoms with E-state index in [1.165, 1.54) is 6.07 Å². The number of nitrogens with one attached hydrogen (secondary N) is 1. The number of carbonyl (C=O) groups is 2. The van der Waals surface area contributed by atoms with Crippen LogP contribution in [0.5, 0.6) is 0 Å². The normalized spacial score (nSPS) is 14.3. The molecule has 0 unspecified atom stereocenters. The molecule has 1 aliphatic rings. The average Bonchev–Trinajstić information content (AvgIpc) is 2.79. The molecule has 1 fully saturated rings. The fourth-order valence-corrected chi connectivity index (χ4v) is 2.25. The molecule has 3 N–H and O–H groups in total. The van der Waals surface area contributed by atoms with Crippen molar-refractivity contribution in [2.24, 2.45) is 0 Å². The number of urea groups is 1. The van der Waals surface area contributed by atoms with Crippen molar-refractivity contribution >= 4 is 33.6 Å². The molecule has 2 rings (SSSR count). The van der Waals surface area contributed by atoms with Crippen LogP contribution in [0.25, 0.3) is 0 Å². The van der Waals surface area contributed by atoms with Crippen LogP contribution < -0.4 is 11.1 Å². The summed E-state index contributed by atoms with van der Waals surface area (Å²) in [5.74, 6) is -1.23. The molecule has 1 saturated heterocycles. The Balaban J connectivity index is 1.92. The Morgan fingerprint density at radius 2 is 2.30 bits per heavy atom. The number of nitrogens with two attached hydrogens (primary N) is 1. The van der Waals surface area contributed by atoms with Crippen molar-refractivity contribution in [2.75, 3.05) is 32.0 Å². The van der Waals surface area contributed by atoms with Gasteiger partial charge in [0, 0.05) is 17.6 Å². The summed E-state index contributed by atoms with van der Waals surface area (Å²) >= 11 is 3.08. The second-order valence-corrected chi connectivity index (χ2v) is 5.06. The Kier molecular flexibility index (Phi) is 4.43. The molecule has 0 bridgehead atoms. The maximum atomic E-state index is 13.2. The molecule has 0 aliphatic carbocycles. The van der Waals surface area contributed by atoms with Gasteiger partial charge < -0.3 is 20.7 Å². The summed E-state index contributed by atoms with van der Waals surface area (Å²) in [6, 6.07) is 2.15. The number of anilines is 1. The molecule has 108 valence electrons. The van der Waals surface area contributed by atoms with Gasteiger partial charge in [0.05, 0.1) is 17.8 Å². The van der Waals surface area contributed by atoms with Crippen LogP contribution in [0.2, 0.25) is 0 Å². The van der Waals surface area contributed by atoms with Gasteiger partial charge in [0.25, 0.3) is 0 Å². The van der Waals surface area contributed by atoms with Gasteiger partial charge in [-0.25, -0.2) is 14.0 Å². The van der Waals surface area contributed by atoms with Crippen molar-refractivity contribution < 1.29 is 18.7 Å². The molecule has 0 atom stereocenters. The van der Waals surface area contributed by atoms with Crippen molar-refractivity contribution in [1.82, 2.24) is 10.2 Å². The number of benzene rings is 1. The van der Waals surface area contributed by atoms with Gasteiger partial charge >= 0.3 is 12.0 Å². The van der Waals surface area contributed by atoms with E-state index in [4.69, 9.17) is 10.5 Å². The number of hydrogen-bond acceptors (Lipinski definition) is 4. The van der Waals surface area contributed by atoms with Crippen molar-refractivity contribution in [1.29, 1.82) is 0 Å². The Hall–Kier alpha value is -1.83. The SMILES string of the molecule is Nc1cc(C(=O)OCCN2CCNC2=O)c(Br)cc1F. The highest BCUT2D eigenvalue weighted by atomic mass is 79.9. The number of ether oxygens (including phenoxy) is 1. The zero-order valence-electron chi connectivity index (χ0n) is 10.5. The van der Waals surface area contributed by atoms with Crippen molar-refractivity contribution in [3.63, 3.8) is 0 Å². The summed E-state index contributed by atoms with van der Waals surface area (Å²) in [5.41, 5.74) is 5.43. The molecule has 1 aromatic rings. The molecule has 1 aromatic carbocycles. The number of amides is 2. The third-order valence-electron chi connectivity index (χ3n) is 2.85. The fourth-order valence-electron chi connectivity index (χ4n) is 1.77. The van der Waals surface area contributed by atoms with Crippen LogP contribution in [-0.4, -0.2) is 43.1 Å². The van der Waals surface area contributed by atoms with Crippen LogP contribution in [0.3, 0.4) is 0 Å². The summed E-state index contributed by atoms with van der Waals surface area (Å²) in [7, 11) is 0. The first-order valence-electron chi connectivity index (χ1n) is 5.93. The van der Waals surface area contributed by atoms with Gasteiger partial charge in [0.15, 0.2) is 0 Å². The van der Waals surface area contributed by atoms with E-state index >= 15 is 0 Å². The molecular weight excluding hydrogens is 333 g/mol. The maximum absolute atomic E-state index is 13.2. The summed E-state index contributed by atoms with van der Waals surface area (Å²) in [6.07, 6.45) is 0. The maximum Gasteiger partial charge on any atom is 0.339 e. The number of halogens is 2. The van der Waals surface area contributed by atoms with Crippen LogP contribution >= 0.6 is 15.9 Å². The third kappa shape index (κ3) is 3.19. The lowest BCUT2D eigenvalue weighted by molar-refractivity contribution is 0.0480. The molecule has 6 nitrogen and oxygen atoms in total. The summed E-state index contributed by atoms with van der Waals surface area (Å²) in [4.78, 5) is 24.6. The molecule has 0 saturated carbocycles. The predicted octanol–water partition coefficient (Wildman–Crippen LogP) is 1.35. The first kappa shape index (κ1) is 14.6. The number of rotatable bonds is 4. The first-order chi connectivity index (χ1) is 9.49. The van der Waals surface area contributed by atoms with Gasteiger partial charge in [-0.1, -0.05) is 0 Å². The van der Waals surface area contributed by atoms with Crippen molar-refractivity contribution in [3.05, 3.63) is 28.0 Å². The van der Waals surface area contributed by atoms with Crippen molar-refractivity contribution in [2.45, 2.75) is 0 Å². The second kappa shape index (κ2) is 6.08. The van der Waals surface area contributed by atoms with E-state index in [1.54, 1.807) is 4.90 Å². The Morgan fingerprint density at radius 1 is 1.55 bits per heavy atom. The summed E-state index contributed by atoms with van der Waals surface area (Å²) in [6.45, 7) is 1.55. The molecule has 1 aliphatic heterocycles. The number of carbonyl (C=O) groups excluding carboxylic acids is 2. The molecule has 8 heteroatoms. The average molecular weight is 346 g/mol. The second-order valence-electron chi connectivity index (χ2n) is 4.21. The minimum Gasteiger partial charge on any atom is -0.460 e. The van der Waals surface area contributed by atoms with Crippen LogP contribution in [0, 0.1) is 5.82 Å². The van der Waals surface area contributed by atoms with Gasteiger partial charge in [-0.2, -0.15) is 0 Å². The van der Waals surface area contributed by atoms with Crippen LogP contribution in [0.15, 0.2) is 16.6 Å². The van der Waals surface area contributed by atoms with E-state index < -0.39 is 11.8 Å². The van der Waals surface area contributed by atoms with E-state index in [-0.39, 0.29) is 28.4 Å². The van der Waals surface area contributed by atoms with E-state index in [0.29, 0.717) is 19.6 Å². The van der Waals surface area contributed by atoms with Gasteiger partial charge in [0.1, 0.15) is 12.4 Å². The molecule has 1 heterocycles. The van der Waals surface area contributed by atoms with E-state index in [0.717, 1.165) is 6.07 Å². The zero-order chi connectivity index (χ0) is 14.7. The minimum absolute atomic E-state index is 0.0655. The number of hydrogen-bond donors (Lipinski definition) is 2. The minimum atomic E-state index is -0.622. The topological polar surface area (TPSA) is 84.7 Å². The van der Waals surface area contributed by atoms with E-state index in [1.807, 2.05) is 0 Å². The quantitative estimate of drug-likeness (QED) is 0.637. The number of nitrogen functional groups attached to an aromatic ring is 1. The first-order valence-corrected chi connectivity index (χ1v) is 6.73. The molecule has 20 heavy (non-hydrogen) atoms. The lowest BCUT2D eigenvalue weighted by Crippen LogP contribution is -2.31. The summed E-state index contributed by atoms with van der Waals surface area (Å²) < 4.78 is 18.5. The number of esters is 1. The standard InChI is InChI=1S/C12H13BrFN3O3/c13-8-6-9(14)10(15)5-7(8)11(18)20-4-3-17-2-1-16-12(17)19/h5-6H,1-4,15H2,(H,16,19). The monoisotopic (exact) mass is 345 g/mol. The highest BCUT2D eigenvalue weighted by Gasteiger charge is 2.20. The Labute approximate surface area is 123 Å². The smallest absolute Gasteiger partial charge is 0.339 e. The van der Waals surface area contributed by atoms with Gasteiger partial charge in [-0.05, 0) is 28.1 Å². The molecule has 0 aromatic heterocycles. The highest BCUT2D eigenvalue weighted by Crippen LogP contribution is 2.23. The lowest BCUT2D eigenvalue weighted by atomic mass is 10.2. The van der Waals surface area contributed by atoms with Gasteiger partial charge in [-0.3, -0.25) is 0 Å². The third-order valence-corrected chi connectivity index (χ3v) is 3.50. The fraction of sp³-hybridized carbons (Fsp3) is 0.333. The lowest BCUT2D eigenvalue weighted by Gasteiger charge is -2.14. The number of nitrogens with zero attached hydrogens (tertiary/aromatic N) is 1. The Bertz CT molecular complexity index is 553. The highest BCUT2D eigenvalue weighted by molar-refractivity contribution is 9.10. The van der Waals surface area contributed by atoms with Crippen molar-refractivity contribution in [3.8, 4) is 0 Å². The van der Waals surface area contributed by atoms with Crippen LogP contribution in [0.1, 0.15) is 10.4 Å². The molecule has 0 spiro atoms. The van der Waals surface area contributed by atoms with Crippen LogP contribution in [0.4, 0.5) is 14.9 Å². The van der Waals surface area contributed by atoms with Gasteiger partial charge in [-0.15, -0.1) is 0 Å². The van der Waals surface area contributed by atoms with Gasteiger partial charge in [0.2, 0.25) is 0 Å².